The molecule has 3 heterocycles. The number of carbonyl (C=O) groups is 2. The topological polar surface area (TPSA) is 97.4 Å². The Morgan fingerprint density at radius 3 is 2.62 bits per heavy atom. The number of oxazole rings is 1. The zero-order chi connectivity index (χ0) is 26.8. The van der Waals surface area contributed by atoms with Crippen LogP contribution in [0.15, 0.2) is 93.1 Å². The molecule has 1 fully saturated rings. The third-order valence-corrected chi connectivity index (χ3v) is 7.87. The highest BCUT2D eigenvalue weighted by Gasteiger charge is 2.29. The van der Waals surface area contributed by atoms with E-state index in [2.05, 4.69) is 31.2 Å². The number of amides is 2. The summed E-state index contributed by atoms with van der Waals surface area (Å²) >= 11 is 4.87. The van der Waals surface area contributed by atoms with Crippen LogP contribution >= 0.6 is 27.7 Å². The van der Waals surface area contributed by atoms with Crippen LogP contribution in [0.2, 0.25) is 0 Å². The molecule has 1 aliphatic rings. The van der Waals surface area contributed by atoms with Crippen molar-refractivity contribution in [2.24, 2.45) is 0 Å². The molecule has 2 aromatic heterocycles. The molecule has 0 atom stereocenters. The predicted octanol–water partition coefficient (Wildman–Crippen LogP) is 4.95. The molecule has 0 bridgehead atoms. The summed E-state index contributed by atoms with van der Waals surface area (Å²) in [7, 11) is 0. The van der Waals surface area contributed by atoms with E-state index in [1.807, 2.05) is 79.0 Å². The van der Waals surface area contributed by atoms with E-state index in [4.69, 9.17) is 4.42 Å². The lowest BCUT2D eigenvalue weighted by molar-refractivity contribution is -0.135. The molecule has 196 valence electrons. The van der Waals surface area contributed by atoms with Crippen LogP contribution < -0.4 is 0 Å². The van der Waals surface area contributed by atoms with Crippen molar-refractivity contribution in [3.8, 4) is 5.69 Å². The first-order valence-electron chi connectivity index (χ1n) is 12.3. The van der Waals surface area contributed by atoms with Crippen LogP contribution in [0, 0.1) is 0 Å². The minimum Gasteiger partial charge on any atom is -0.431 e. The summed E-state index contributed by atoms with van der Waals surface area (Å²) in [5.74, 6) is 0.250. The van der Waals surface area contributed by atoms with Crippen LogP contribution in [0.3, 0.4) is 0 Å². The van der Waals surface area contributed by atoms with Gasteiger partial charge in [0.15, 0.2) is 5.58 Å². The number of carbonyl (C=O) groups excluding carboxylic acids is 2. The number of thioether (sulfide) groups is 1. The van der Waals surface area contributed by atoms with Gasteiger partial charge in [0.25, 0.3) is 11.1 Å². The van der Waals surface area contributed by atoms with E-state index in [9.17, 15) is 9.59 Å². The van der Waals surface area contributed by atoms with E-state index in [1.54, 1.807) is 14.5 Å². The Bertz CT molecular complexity index is 1620. The molecule has 0 radical (unpaired) electrons. The first-order valence-corrected chi connectivity index (χ1v) is 14.1. The van der Waals surface area contributed by atoms with E-state index < -0.39 is 0 Å². The zero-order valence-corrected chi connectivity index (χ0v) is 23.1. The van der Waals surface area contributed by atoms with Crippen molar-refractivity contribution in [2.75, 3.05) is 19.6 Å². The minimum absolute atomic E-state index is 0.0201. The Morgan fingerprint density at radius 2 is 1.79 bits per heavy atom. The van der Waals surface area contributed by atoms with Gasteiger partial charge in [-0.3, -0.25) is 9.59 Å². The highest BCUT2D eigenvalue weighted by atomic mass is 79.9. The van der Waals surface area contributed by atoms with Crippen LogP contribution in [0.1, 0.15) is 21.6 Å². The first kappa shape index (κ1) is 25.3. The van der Waals surface area contributed by atoms with Crippen LogP contribution in [-0.4, -0.2) is 61.2 Å². The summed E-state index contributed by atoms with van der Waals surface area (Å²) in [6, 6.07) is 22.8. The fourth-order valence-corrected chi connectivity index (χ4v) is 5.52. The van der Waals surface area contributed by atoms with Gasteiger partial charge < -0.3 is 14.2 Å². The molecule has 3 aromatic carbocycles. The highest BCUT2D eigenvalue weighted by Crippen LogP contribution is 2.28. The summed E-state index contributed by atoms with van der Waals surface area (Å²) in [4.78, 5) is 34.3. The predicted molar refractivity (Wildman–Crippen MR) is 150 cm³/mol. The molecular weight excluding hydrogens is 580 g/mol. The smallest absolute Gasteiger partial charge is 0.257 e. The fourth-order valence-electron chi connectivity index (χ4n) is 4.41. The van der Waals surface area contributed by atoms with E-state index in [1.165, 1.54) is 11.8 Å². The Hall–Kier alpha value is -3.96. The average Bonchev–Trinajstić information content (AvgIpc) is 3.60. The molecule has 0 saturated carbocycles. The molecular formula is C28H23BrN6O3S. The largest absolute Gasteiger partial charge is 0.431 e. The first-order chi connectivity index (χ1) is 19.0. The van der Waals surface area contributed by atoms with Crippen molar-refractivity contribution in [2.45, 2.75) is 17.5 Å². The second-order valence-corrected chi connectivity index (χ2v) is 10.9. The lowest BCUT2D eigenvalue weighted by Crippen LogP contribution is -2.52. The van der Waals surface area contributed by atoms with Crippen LogP contribution in [0.4, 0.5) is 0 Å². The van der Waals surface area contributed by atoms with Crippen LogP contribution in [0.5, 0.6) is 0 Å². The Morgan fingerprint density at radius 1 is 1.00 bits per heavy atom. The molecule has 0 spiro atoms. The lowest BCUT2D eigenvalue weighted by atomic mass is 10.1. The van der Waals surface area contributed by atoms with Crippen molar-refractivity contribution in [1.82, 2.24) is 29.8 Å². The SMILES string of the molecule is O=C1CN(C(=O)c2ccccc2CSc2nc3ccccc3o2)CCN1Cc1cn(-c2ccc(Br)cc2)nn1. The van der Waals surface area contributed by atoms with Gasteiger partial charge in [0, 0.05) is 28.9 Å². The zero-order valence-electron chi connectivity index (χ0n) is 20.7. The molecule has 2 amide bonds. The second kappa shape index (κ2) is 11.0. The third-order valence-electron chi connectivity index (χ3n) is 6.46. The van der Waals surface area contributed by atoms with Gasteiger partial charge in [0.05, 0.1) is 18.4 Å². The van der Waals surface area contributed by atoms with Crippen molar-refractivity contribution in [3.63, 3.8) is 0 Å². The number of rotatable bonds is 7. The van der Waals surface area contributed by atoms with Crippen molar-refractivity contribution < 1.29 is 14.0 Å². The fraction of sp³-hybridized carbons (Fsp3) is 0.179. The minimum atomic E-state index is -0.155. The number of para-hydroxylation sites is 2. The number of aromatic nitrogens is 4. The van der Waals surface area contributed by atoms with Crippen LogP contribution in [-0.2, 0) is 17.1 Å². The number of piperazine rings is 1. The number of fused-ring (bicyclic) bond motifs is 1. The van der Waals surface area contributed by atoms with E-state index in [0.29, 0.717) is 41.9 Å². The van der Waals surface area contributed by atoms with Crippen molar-refractivity contribution >= 4 is 50.6 Å². The van der Waals surface area contributed by atoms with Crippen molar-refractivity contribution in [3.05, 3.63) is 100 Å². The third kappa shape index (κ3) is 5.59. The number of benzene rings is 3. The summed E-state index contributed by atoms with van der Waals surface area (Å²) in [5.41, 5.74) is 4.56. The monoisotopic (exact) mass is 602 g/mol. The van der Waals surface area contributed by atoms with Gasteiger partial charge in [-0.2, -0.15) is 0 Å². The molecule has 9 nitrogen and oxygen atoms in total. The molecule has 1 aliphatic heterocycles. The highest BCUT2D eigenvalue weighted by molar-refractivity contribution is 9.10. The van der Waals surface area contributed by atoms with Gasteiger partial charge in [0.1, 0.15) is 17.8 Å². The average molecular weight is 604 g/mol. The quantitative estimate of drug-likeness (QED) is 0.243. The number of nitrogens with zero attached hydrogens (tertiary/aromatic N) is 6. The molecule has 1 saturated heterocycles. The van der Waals surface area contributed by atoms with Gasteiger partial charge in [0.2, 0.25) is 5.91 Å². The van der Waals surface area contributed by atoms with Gasteiger partial charge in [-0.15, -0.1) is 5.10 Å². The van der Waals surface area contributed by atoms with E-state index >= 15 is 0 Å². The van der Waals surface area contributed by atoms with E-state index in [0.717, 1.165) is 26.8 Å². The molecule has 0 N–H and O–H groups in total. The standard InChI is InChI=1S/C28H23BrN6O3S/c29-20-9-11-22(12-10-20)35-16-21(31-32-35)15-33-13-14-34(17-26(33)36)27(37)23-6-2-1-5-19(23)18-39-28-30-24-7-3-4-8-25(24)38-28/h1-12,16H,13-15,17-18H2. The summed E-state index contributed by atoms with van der Waals surface area (Å²) in [5, 5.41) is 8.97. The lowest BCUT2D eigenvalue weighted by Gasteiger charge is -2.34. The van der Waals surface area contributed by atoms with Crippen molar-refractivity contribution in [1.29, 1.82) is 0 Å². The molecule has 6 rings (SSSR count). The maximum absolute atomic E-state index is 13.4. The molecule has 39 heavy (non-hydrogen) atoms. The number of hydrogen-bond donors (Lipinski definition) is 0. The molecule has 11 heteroatoms. The molecule has 0 aliphatic carbocycles. The summed E-state index contributed by atoms with van der Waals surface area (Å²) < 4.78 is 8.47. The van der Waals surface area contributed by atoms with Crippen LogP contribution in [0.25, 0.3) is 16.8 Å². The van der Waals surface area contributed by atoms with Gasteiger partial charge in [-0.05, 0) is 48.0 Å². The Labute approximate surface area is 236 Å². The Kier molecular flexibility index (Phi) is 7.16. The normalized spacial score (nSPS) is 13.8. The summed E-state index contributed by atoms with van der Waals surface area (Å²) in [6.45, 7) is 1.23. The summed E-state index contributed by atoms with van der Waals surface area (Å²) in [6.07, 6.45) is 1.82. The second-order valence-electron chi connectivity index (χ2n) is 9.07. The Balaban J connectivity index is 1.08. The number of halogens is 1. The van der Waals surface area contributed by atoms with E-state index in [-0.39, 0.29) is 18.4 Å². The molecule has 5 aromatic rings. The molecule has 0 unspecified atom stereocenters. The van der Waals surface area contributed by atoms with Gasteiger partial charge >= 0.3 is 0 Å². The number of hydrogen-bond acceptors (Lipinski definition) is 7. The maximum atomic E-state index is 13.4. The van der Waals surface area contributed by atoms with Gasteiger partial charge in [-0.1, -0.05) is 63.2 Å². The van der Waals surface area contributed by atoms with Gasteiger partial charge in [-0.25, -0.2) is 9.67 Å². The maximum Gasteiger partial charge on any atom is 0.257 e.